The lowest BCUT2D eigenvalue weighted by molar-refractivity contribution is -0.131. The standard InChI is InChI=1S/C20H20N2O3S/c1-13-15-4-2-3-5-16(15)25-19(13)20(24)21-9-6-18(23)22-10-7-17-14(12-22)8-11-26-17/h2-5,8,11H,6-7,9-10,12H2,1H3,(H,21,24). The first-order valence-electron chi connectivity index (χ1n) is 8.73. The van der Waals surface area contributed by atoms with Gasteiger partial charge in [-0.25, -0.2) is 0 Å². The van der Waals surface area contributed by atoms with Gasteiger partial charge < -0.3 is 14.6 Å². The molecular weight excluding hydrogens is 348 g/mol. The molecule has 1 aliphatic rings. The number of hydrogen-bond acceptors (Lipinski definition) is 4. The van der Waals surface area contributed by atoms with Crippen LogP contribution >= 0.6 is 11.3 Å². The average molecular weight is 368 g/mol. The molecule has 0 saturated heterocycles. The second-order valence-electron chi connectivity index (χ2n) is 6.49. The molecule has 5 nitrogen and oxygen atoms in total. The van der Waals surface area contributed by atoms with Crippen molar-refractivity contribution < 1.29 is 14.0 Å². The van der Waals surface area contributed by atoms with E-state index >= 15 is 0 Å². The molecular formula is C20H20N2O3S. The van der Waals surface area contributed by atoms with Gasteiger partial charge in [0.1, 0.15) is 5.58 Å². The Balaban J connectivity index is 1.33. The van der Waals surface area contributed by atoms with Crippen molar-refractivity contribution in [3.63, 3.8) is 0 Å². The summed E-state index contributed by atoms with van der Waals surface area (Å²) < 4.78 is 5.66. The van der Waals surface area contributed by atoms with Crippen molar-refractivity contribution >= 4 is 34.1 Å². The molecule has 1 aliphatic heterocycles. The second kappa shape index (κ2) is 6.96. The van der Waals surface area contributed by atoms with Crippen LogP contribution in [0.5, 0.6) is 0 Å². The van der Waals surface area contributed by atoms with E-state index in [-0.39, 0.29) is 11.8 Å². The quantitative estimate of drug-likeness (QED) is 0.767. The molecule has 0 saturated carbocycles. The lowest BCUT2D eigenvalue weighted by atomic mass is 10.1. The van der Waals surface area contributed by atoms with Gasteiger partial charge in [-0.1, -0.05) is 18.2 Å². The third kappa shape index (κ3) is 3.12. The molecule has 1 aromatic carbocycles. The number of aryl methyl sites for hydroxylation is 1. The molecule has 0 fully saturated rings. The number of fused-ring (bicyclic) bond motifs is 2. The number of carbonyl (C=O) groups excluding carboxylic acids is 2. The van der Waals surface area contributed by atoms with E-state index in [9.17, 15) is 9.59 Å². The Kier molecular flexibility index (Phi) is 4.51. The minimum absolute atomic E-state index is 0.0727. The van der Waals surface area contributed by atoms with Crippen LogP contribution in [0.15, 0.2) is 40.1 Å². The normalized spacial score (nSPS) is 13.7. The van der Waals surface area contributed by atoms with Crippen LogP contribution in [0.25, 0.3) is 11.0 Å². The summed E-state index contributed by atoms with van der Waals surface area (Å²) in [6.07, 6.45) is 1.22. The summed E-state index contributed by atoms with van der Waals surface area (Å²) in [5, 5.41) is 5.82. The van der Waals surface area contributed by atoms with Gasteiger partial charge in [-0.15, -0.1) is 11.3 Å². The number of benzene rings is 1. The zero-order chi connectivity index (χ0) is 18.1. The van der Waals surface area contributed by atoms with Gasteiger partial charge in [-0.3, -0.25) is 9.59 Å². The maximum absolute atomic E-state index is 12.4. The van der Waals surface area contributed by atoms with Crippen molar-refractivity contribution in [2.75, 3.05) is 13.1 Å². The topological polar surface area (TPSA) is 62.6 Å². The van der Waals surface area contributed by atoms with Gasteiger partial charge in [-0.05, 0) is 36.4 Å². The van der Waals surface area contributed by atoms with E-state index in [1.807, 2.05) is 36.1 Å². The summed E-state index contributed by atoms with van der Waals surface area (Å²) in [4.78, 5) is 28.0. The number of rotatable bonds is 4. The third-order valence-corrected chi connectivity index (χ3v) is 5.86. The van der Waals surface area contributed by atoms with E-state index in [1.54, 1.807) is 11.3 Å². The van der Waals surface area contributed by atoms with Crippen LogP contribution < -0.4 is 5.32 Å². The molecule has 0 bridgehead atoms. The number of nitrogens with zero attached hydrogens (tertiary/aromatic N) is 1. The van der Waals surface area contributed by atoms with Crippen LogP contribution in [0.3, 0.4) is 0 Å². The average Bonchev–Trinajstić information content (AvgIpc) is 3.25. The minimum atomic E-state index is -0.273. The van der Waals surface area contributed by atoms with E-state index < -0.39 is 0 Å². The zero-order valence-electron chi connectivity index (χ0n) is 14.6. The molecule has 0 aliphatic carbocycles. The molecule has 4 rings (SSSR count). The summed E-state index contributed by atoms with van der Waals surface area (Å²) in [6.45, 7) is 3.61. The fourth-order valence-corrected chi connectivity index (χ4v) is 4.26. The van der Waals surface area contributed by atoms with Crippen LogP contribution in [0.2, 0.25) is 0 Å². The number of nitrogens with one attached hydrogen (secondary N) is 1. The predicted octanol–water partition coefficient (Wildman–Crippen LogP) is 3.51. The van der Waals surface area contributed by atoms with E-state index in [0.717, 1.165) is 23.9 Å². The number of carbonyl (C=O) groups is 2. The minimum Gasteiger partial charge on any atom is -0.451 e. The largest absolute Gasteiger partial charge is 0.451 e. The van der Waals surface area contributed by atoms with Crippen molar-refractivity contribution in [2.24, 2.45) is 0 Å². The van der Waals surface area contributed by atoms with Crippen LogP contribution in [0, 0.1) is 6.92 Å². The van der Waals surface area contributed by atoms with Crippen molar-refractivity contribution in [1.82, 2.24) is 10.2 Å². The maximum Gasteiger partial charge on any atom is 0.287 e. The van der Waals surface area contributed by atoms with E-state index in [1.165, 1.54) is 10.4 Å². The van der Waals surface area contributed by atoms with Gasteiger partial charge in [-0.2, -0.15) is 0 Å². The highest BCUT2D eigenvalue weighted by atomic mass is 32.1. The Labute approximate surface area is 155 Å². The SMILES string of the molecule is Cc1c(C(=O)NCCC(=O)N2CCc3sccc3C2)oc2ccccc12. The van der Waals surface area contributed by atoms with Crippen LogP contribution in [0.4, 0.5) is 0 Å². The van der Waals surface area contributed by atoms with Crippen molar-refractivity contribution in [2.45, 2.75) is 26.3 Å². The van der Waals surface area contributed by atoms with Gasteiger partial charge in [0, 0.05) is 41.9 Å². The molecule has 2 amide bonds. The summed E-state index contributed by atoms with van der Waals surface area (Å²) in [5.74, 6) is 0.119. The highest BCUT2D eigenvalue weighted by Gasteiger charge is 2.22. The summed E-state index contributed by atoms with van der Waals surface area (Å²) in [6, 6.07) is 9.67. The Bertz CT molecular complexity index is 973. The Morgan fingerprint density at radius 3 is 2.96 bits per heavy atom. The van der Waals surface area contributed by atoms with Gasteiger partial charge in [0.2, 0.25) is 5.91 Å². The first-order valence-corrected chi connectivity index (χ1v) is 9.61. The van der Waals surface area contributed by atoms with Gasteiger partial charge in [0.05, 0.1) is 0 Å². The molecule has 3 aromatic rings. The number of thiophene rings is 1. The molecule has 0 spiro atoms. The number of hydrogen-bond donors (Lipinski definition) is 1. The Morgan fingerprint density at radius 2 is 2.12 bits per heavy atom. The third-order valence-electron chi connectivity index (χ3n) is 4.83. The lowest BCUT2D eigenvalue weighted by Gasteiger charge is -2.27. The maximum atomic E-state index is 12.4. The Morgan fingerprint density at radius 1 is 1.27 bits per heavy atom. The highest BCUT2D eigenvalue weighted by Crippen LogP contribution is 2.25. The van der Waals surface area contributed by atoms with Crippen LogP contribution in [-0.2, 0) is 17.8 Å². The fourth-order valence-electron chi connectivity index (χ4n) is 3.37. The molecule has 6 heteroatoms. The fraction of sp³-hybridized carbons (Fsp3) is 0.300. The van der Waals surface area contributed by atoms with Crippen molar-refractivity contribution in [3.05, 3.63) is 57.5 Å². The first kappa shape index (κ1) is 16.8. The van der Waals surface area contributed by atoms with Crippen molar-refractivity contribution in [1.29, 1.82) is 0 Å². The molecule has 26 heavy (non-hydrogen) atoms. The molecule has 0 atom stereocenters. The second-order valence-corrected chi connectivity index (χ2v) is 7.49. The molecule has 1 N–H and O–H groups in total. The highest BCUT2D eigenvalue weighted by molar-refractivity contribution is 7.10. The van der Waals surface area contributed by atoms with E-state index in [4.69, 9.17) is 4.42 Å². The van der Waals surface area contributed by atoms with Gasteiger partial charge in [0.15, 0.2) is 5.76 Å². The Hall–Kier alpha value is -2.60. The monoisotopic (exact) mass is 368 g/mol. The van der Waals surface area contributed by atoms with Gasteiger partial charge >= 0.3 is 0 Å². The summed E-state index contributed by atoms with van der Waals surface area (Å²) >= 11 is 1.76. The van der Waals surface area contributed by atoms with Crippen LogP contribution in [0.1, 0.15) is 33.0 Å². The summed E-state index contributed by atoms with van der Waals surface area (Å²) in [5.41, 5.74) is 2.77. The van der Waals surface area contributed by atoms with E-state index in [0.29, 0.717) is 30.9 Å². The zero-order valence-corrected chi connectivity index (χ0v) is 15.4. The predicted molar refractivity (Wildman–Crippen MR) is 101 cm³/mol. The molecule has 3 heterocycles. The van der Waals surface area contributed by atoms with Gasteiger partial charge in [0.25, 0.3) is 5.91 Å². The number of amides is 2. The summed E-state index contributed by atoms with van der Waals surface area (Å²) in [7, 11) is 0. The first-order chi connectivity index (χ1) is 12.6. The lowest BCUT2D eigenvalue weighted by Crippen LogP contribution is -2.37. The van der Waals surface area contributed by atoms with E-state index in [2.05, 4.69) is 16.8 Å². The smallest absolute Gasteiger partial charge is 0.287 e. The number of para-hydroxylation sites is 1. The molecule has 0 radical (unpaired) electrons. The molecule has 2 aromatic heterocycles. The number of furan rings is 1. The molecule has 134 valence electrons. The molecule has 0 unspecified atom stereocenters. The van der Waals surface area contributed by atoms with Crippen LogP contribution in [-0.4, -0.2) is 29.8 Å². The van der Waals surface area contributed by atoms with Crippen molar-refractivity contribution in [3.8, 4) is 0 Å².